The predicted molar refractivity (Wildman–Crippen MR) is 98.6 cm³/mol. The smallest absolute Gasteiger partial charge is 0.387 e. The molecule has 0 saturated heterocycles. The SMILES string of the molecule is O=C1CS[C@H](c2cccc(OC(F)F)c2)c2c(n(C3CCCC3)[nH]c2=O)N1. The zero-order valence-corrected chi connectivity index (χ0v) is 15.2. The molecule has 1 amide bonds. The molecule has 1 aliphatic heterocycles. The molecular weight excluding hydrogens is 376 g/mol. The van der Waals surface area contributed by atoms with Crippen LogP contribution in [0.5, 0.6) is 5.75 Å². The normalized spacial score (nSPS) is 20.4. The Bertz CT molecular complexity index is 905. The number of aromatic nitrogens is 2. The number of nitrogens with zero attached hydrogens (tertiary/aromatic N) is 1. The lowest BCUT2D eigenvalue weighted by Gasteiger charge is -2.17. The third kappa shape index (κ3) is 3.60. The summed E-state index contributed by atoms with van der Waals surface area (Å²) < 4.78 is 31.4. The van der Waals surface area contributed by atoms with Crippen LogP contribution in [0.25, 0.3) is 0 Å². The van der Waals surface area contributed by atoms with Gasteiger partial charge in [-0.2, -0.15) is 8.78 Å². The van der Waals surface area contributed by atoms with Crippen LogP contribution in [0.15, 0.2) is 29.1 Å². The van der Waals surface area contributed by atoms with Gasteiger partial charge in [0.25, 0.3) is 5.56 Å². The van der Waals surface area contributed by atoms with Crippen LogP contribution in [0, 0.1) is 0 Å². The van der Waals surface area contributed by atoms with Gasteiger partial charge in [0.1, 0.15) is 11.6 Å². The molecule has 2 aliphatic rings. The van der Waals surface area contributed by atoms with E-state index in [9.17, 15) is 18.4 Å². The highest BCUT2D eigenvalue weighted by Crippen LogP contribution is 2.42. The molecule has 1 atom stereocenters. The average molecular weight is 395 g/mol. The molecule has 1 aliphatic carbocycles. The van der Waals surface area contributed by atoms with Crippen molar-refractivity contribution >= 4 is 23.5 Å². The summed E-state index contributed by atoms with van der Waals surface area (Å²) >= 11 is 1.30. The van der Waals surface area contributed by atoms with E-state index in [1.807, 2.05) is 0 Å². The first kappa shape index (κ1) is 18.1. The molecule has 1 aromatic heterocycles. The van der Waals surface area contributed by atoms with E-state index in [0.717, 1.165) is 25.7 Å². The summed E-state index contributed by atoms with van der Waals surface area (Å²) in [6.45, 7) is -2.92. The zero-order chi connectivity index (χ0) is 19.0. The Morgan fingerprint density at radius 1 is 1.22 bits per heavy atom. The Morgan fingerprint density at radius 2 is 2.00 bits per heavy atom. The van der Waals surface area contributed by atoms with Crippen molar-refractivity contribution in [3.8, 4) is 5.75 Å². The first-order valence-corrected chi connectivity index (χ1v) is 9.88. The lowest BCUT2D eigenvalue weighted by molar-refractivity contribution is -0.113. The van der Waals surface area contributed by atoms with Gasteiger partial charge in [0.05, 0.1) is 22.6 Å². The number of rotatable bonds is 4. The Kier molecular flexibility index (Phi) is 4.94. The molecule has 6 nitrogen and oxygen atoms in total. The molecule has 27 heavy (non-hydrogen) atoms. The molecule has 9 heteroatoms. The third-order valence-corrected chi connectivity index (χ3v) is 6.21. The lowest BCUT2D eigenvalue weighted by atomic mass is 10.1. The molecule has 144 valence electrons. The maximum Gasteiger partial charge on any atom is 0.387 e. The van der Waals surface area contributed by atoms with Crippen LogP contribution in [-0.4, -0.2) is 28.1 Å². The van der Waals surface area contributed by atoms with Crippen LogP contribution in [0.1, 0.15) is 48.1 Å². The van der Waals surface area contributed by atoms with Crippen LogP contribution in [0.2, 0.25) is 0 Å². The van der Waals surface area contributed by atoms with Crippen LogP contribution in [0.4, 0.5) is 14.6 Å². The second-order valence-electron chi connectivity index (χ2n) is 6.70. The molecule has 4 rings (SSSR count). The number of aromatic amines is 1. The van der Waals surface area contributed by atoms with Crippen molar-refractivity contribution in [3.05, 3.63) is 45.7 Å². The number of alkyl halides is 2. The molecule has 0 unspecified atom stereocenters. The molecule has 1 saturated carbocycles. The predicted octanol–water partition coefficient (Wildman–Crippen LogP) is 3.67. The van der Waals surface area contributed by atoms with Gasteiger partial charge >= 0.3 is 6.61 Å². The summed E-state index contributed by atoms with van der Waals surface area (Å²) in [6.07, 6.45) is 4.06. The topological polar surface area (TPSA) is 76.1 Å². The quantitative estimate of drug-likeness (QED) is 0.828. The zero-order valence-electron chi connectivity index (χ0n) is 14.4. The van der Waals surface area contributed by atoms with Gasteiger partial charge in [-0.05, 0) is 30.5 Å². The van der Waals surface area contributed by atoms with Gasteiger partial charge in [0.2, 0.25) is 5.91 Å². The van der Waals surface area contributed by atoms with Gasteiger partial charge in [-0.3, -0.25) is 19.4 Å². The molecule has 0 bridgehead atoms. The maximum absolute atomic E-state index is 12.8. The van der Waals surface area contributed by atoms with Gasteiger partial charge in [-0.15, -0.1) is 11.8 Å². The van der Waals surface area contributed by atoms with E-state index < -0.39 is 11.9 Å². The number of thioether (sulfide) groups is 1. The van der Waals surface area contributed by atoms with Crippen LogP contribution in [0.3, 0.4) is 0 Å². The highest BCUT2D eigenvalue weighted by molar-refractivity contribution is 8.00. The number of anilines is 1. The lowest BCUT2D eigenvalue weighted by Crippen LogP contribution is -2.18. The van der Waals surface area contributed by atoms with Crippen molar-refractivity contribution in [2.75, 3.05) is 11.1 Å². The molecular formula is C18H19F2N3O3S. The van der Waals surface area contributed by atoms with E-state index in [1.165, 1.54) is 23.9 Å². The number of amides is 1. The summed E-state index contributed by atoms with van der Waals surface area (Å²) in [5, 5.41) is 5.28. The van der Waals surface area contributed by atoms with Crippen molar-refractivity contribution in [2.45, 2.75) is 43.6 Å². The monoisotopic (exact) mass is 395 g/mol. The minimum Gasteiger partial charge on any atom is -0.435 e. The third-order valence-electron chi connectivity index (χ3n) is 4.94. The summed E-state index contributed by atoms with van der Waals surface area (Å²) in [7, 11) is 0. The largest absolute Gasteiger partial charge is 0.435 e. The van der Waals surface area contributed by atoms with Gasteiger partial charge < -0.3 is 10.1 Å². The van der Waals surface area contributed by atoms with Gasteiger partial charge in [-0.25, -0.2) is 0 Å². The average Bonchev–Trinajstić information content (AvgIpc) is 3.20. The van der Waals surface area contributed by atoms with Crippen molar-refractivity contribution in [3.63, 3.8) is 0 Å². The van der Waals surface area contributed by atoms with E-state index in [2.05, 4.69) is 15.2 Å². The van der Waals surface area contributed by atoms with Gasteiger partial charge in [-0.1, -0.05) is 25.0 Å². The minimum atomic E-state index is -2.92. The summed E-state index contributed by atoms with van der Waals surface area (Å²) in [5.41, 5.74) is 0.828. The summed E-state index contributed by atoms with van der Waals surface area (Å²) in [5.74, 6) is 0.505. The van der Waals surface area contributed by atoms with E-state index in [0.29, 0.717) is 16.9 Å². The number of carbonyl (C=O) groups excluding carboxylic acids is 1. The Balaban J connectivity index is 1.78. The van der Waals surface area contributed by atoms with Crippen molar-refractivity contribution in [1.82, 2.24) is 9.78 Å². The van der Waals surface area contributed by atoms with Gasteiger partial charge in [0, 0.05) is 0 Å². The van der Waals surface area contributed by atoms with E-state index in [1.54, 1.807) is 16.8 Å². The van der Waals surface area contributed by atoms with Crippen molar-refractivity contribution in [1.29, 1.82) is 0 Å². The van der Waals surface area contributed by atoms with Crippen molar-refractivity contribution in [2.24, 2.45) is 0 Å². The number of fused-ring (bicyclic) bond motifs is 1. The molecule has 0 spiro atoms. The minimum absolute atomic E-state index is 0.0276. The summed E-state index contributed by atoms with van der Waals surface area (Å²) in [6, 6.07) is 6.45. The number of halogens is 2. The molecule has 1 fully saturated rings. The van der Waals surface area contributed by atoms with Gasteiger partial charge in [0.15, 0.2) is 0 Å². The number of carbonyl (C=O) groups is 1. The highest BCUT2D eigenvalue weighted by Gasteiger charge is 2.33. The second-order valence-corrected chi connectivity index (χ2v) is 7.80. The van der Waals surface area contributed by atoms with E-state index in [4.69, 9.17) is 0 Å². The molecule has 1 aromatic carbocycles. The fourth-order valence-electron chi connectivity index (χ4n) is 3.80. The number of hydrogen-bond acceptors (Lipinski definition) is 4. The number of benzene rings is 1. The molecule has 2 heterocycles. The van der Waals surface area contributed by atoms with E-state index >= 15 is 0 Å². The highest BCUT2D eigenvalue weighted by atomic mass is 32.2. The molecule has 2 aromatic rings. The number of ether oxygens (including phenoxy) is 1. The Hall–Kier alpha value is -2.29. The number of hydrogen-bond donors (Lipinski definition) is 2. The fraction of sp³-hybridized carbons (Fsp3) is 0.444. The van der Waals surface area contributed by atoms with Crippen LogP contribution >= 0.6 is 11.8 Å². The molecule has 0 radical (unpaired) electrons. The fourth-order valence-corrected chi connectivity index (χ4v) is 4.91. The molecule has 2 N–H and O–H groups in total. The maximum atomic E-state index is 12.8. The Labute approximate surface area is 158 Å². The number of H-pyrrole nitrogens is 1. The summed E-state index contributed by atoms with van der Waals surface area (Å²) in [4.78, 5) is 25.0. The van der Waals surface area contributed by atoms with Crippen LogP contribution < -0.4 is 15.6 Å². The number of nitrogens with one attached hydrogen (secondary N) is 2. The van der Waals surface area contributed by atoms with Crippen LogP contribution in [-0.2, 0) is 4.79 Å². The second kappa shape index (κ2) is 7.38. The first-order chi connectivity index (χ1) is 13.0. The van der Waals surface area contributed by atoms with E-state index in [-0.39, 0.29) is 29.0 Å². The Morgan fingerprint density at radius 3 is 2.74 bits per heavy atom. The first-order valence-electron chi connectivity index (χ1n) is 8.83. The standard InChI is InChI=1S/C18H19F2N3O3S/c19-18(20)26-12-7-3-4-10(8-12)15-14-16(21-13(24)9-27-15)23(22-17(14)25)11-5-1-2-6-11/h3-4,7-8,11,15,18H,1-2,5-6,9H2,(H,21,24)(H,22,25)/t15-/m1/s1. The van der Waals surface area contributed by atoms with Crippen molar-refractivity contribution < 1.29 is 18.3 Å².